The van der Waals surface area contributed by atoms with Gasteiger partial charge in [0, 0.05) is 17.7 Å². The number of rotatable bonds is 6. The molecule has 0 saturated carbocycles. The maximum atomic E-state index is 12.5. The molecule has 0 amide bonds. The third-order valence-electron chi connectivity index (χ3n) is 4.98. The maximum absolute atomic E-state index is 12.5. The highest BCUT2D eigenvalue weighted by Gasteiger charge is 2.25. The van der Waals surface area contributed by atoms with E-state index in [0.717, 1.165) is 5.56 Å². The molecule has 3 aromatic carbocycles. The summed E-state index contributed by atoms with van der Waals surface area (Å²) in [6, 6.07) is 17.5. The summed E-state index contributed by atoms with van der Waals surface area (Å²) in [6.45, 7) is 1.81. The minimum Gasteiger partial charge on any atom is -0.493 e. The Labute approximate surface area is 194 Å². The molecule has 0 fully saturated rings. The van der Waals surface area contributed by atoms with Crippen LogP contribution in [0.4, 0.5) is 5.69 Å². The Morgan fingerprint density at radius 2 is 1.85 bits per heavy atom. The molecule has 0 unspecified atom stereocenters. The number of benzene rings is 3. The molecule has 9 heteroatoms. The van der Waals surface area contributed by atoms with Crippen molar-refractivity contribution in [2.24, 2.45) is 4.99 Å². The van der Waals surface area contributed by atoms with E-state index in [4.69, 9.17) is 14.2 Å². The number of methoxy groups -OCH3 is 1. The number of nitrogens with zero attached hydrogens (tertiary/aromatic N) is 2. The van der Waals surface area contributed by atoms with Gasteiger partial charge in [0.25, 0.3) is 5.69 Å². The molecule has 1 heterocycles. The Hall–Kier alpha value is -4.79. The number of aryl methyl sites for hydroxylation is 1. The molecule has 4 rings (SSSR count). The Kier molecular flexibility index (Phi) is 6.18. The Balaban J connectivity index is 1.59. The van der Waals surface area contributed by atoms with Crippen LogP contribution in [0.2, 0.25) is 0 Å². The van der Waals surface area contributed by atoms with E-state index in [1.165, 1.54) is 31.4 Å². The summed E-state index contributed by atoms with van der Waals surface area (Å²) < 4.78 is 16.0. The summed E-state index contributed by atoms with van der Waals surface area (Å²) >= 11 is 0. The van der Waals surface area contributed by atoms with Gasteiger partial charge >= 0.3 is 11.9 Å². The zero-order chi connectivity index (χ0) is 24.2. The molecular formula is C25H18N2O7. The van der Waals surface area contributed by atoms with Crippen molar-refractivity contribution < 1.29 is 28.7 Å². The van der Waals surface area contributed by atoms with Crippen LogP contribution in [0.25, 0.3) is 6.08 Å². The molecule has 3 aromatic rings. The average molecular weight is 458 g/mol. The lowest BCUT2D eigenvalue weighted by atomic mass is 10.1. The fourth-order valence-corrected chi connectivity index (χ4v) is 3.26. The van der Waals surface area contributed by atoms with Gasteiger partial charge < -0.3 is 14.2 Å². The monoisotopic (exact) mass is 458 g/mol. The molecule has 34 heavy (non-hydrogen) atoms. The van der Waals surface area contributed by atoms with Crippen LogP contribution in [-0.4, -0.2) is 29.9 Å². The van der Waals surface area contributed by atoms with E-state index in [1.54, 1.807) is 36.4 Å². The molecular weight excluding hydrogens is 440 g/mol. The lowest BCUT2D eigenvalue weighted by Crippen LogP contribution is -2.10. The van der Waals surface area contributed by atoms with Crippen LogP contribution < -0.4 is 9.47 Å². The zero-order valence-corrected chi connectivity index (χ0v) is 18.2. The number of aliphatic imine (C=N–C) groups is 1. The van der Waals surface area contributed by atoms with Crippen molar-refractivity contribution >= 4 is 29.6 Å². The number of nitro benzene ring substituents is 1. The number of nitro groups is 1. The summed E-state index contributed by atoms with van der Waals surface area (Å²) in [6.07, 6.45) is 1.47. The fourth-order valence-electron chi connectivity index (χ4n) is 3.26. The van der Waals surface area contributed by atoms with Crippen molar-refractivity contribution in [1.29, 1.82) is 0 Å². The third-order valence-corrected chi connectivity index (χ3v) is 4.98. The molecule has 0 spiro atoms. The molecule has 0 bridgehead atoms. The number of non-ortho nitro benzene ring substituents is 1. The summed E-state index contributed by atoms with van der Waals surface area (Å²) in [5.74, 6) is -0.752. The molecule has 0 aromatic heterocycles. The van der Waals surface area contributed by atoms with Crippen molar-refractivity contribution in [1.82, 2.24) is 0 Å². The quantitative estimate of drug-likeness (QED) is 0.176. The minimum absolute atomic E-state index is 0.00761. The van der Waals surface area contributed by atoms with Crippen molar-refractivity contribution in [3.8, 4) is 11.5 Å². The number of hydrogen-bond acceptors (Lipinski definition) is 8. The SMILES string of the molecule is COc1cc(/C=C2\N=C(c3cccc([N+](=O)[O-])c3)OC2=O)ccc1OC(=O)c1ccccc1C. The Morgan fingerprint density at radius 3 is 2.59 bits per heavy atom. The van der Waals surface area contributed by atoms with E-state index in [0.29, 0.717) is 16.7 Å². The number of hydrogen-bond donors (Lipinski definition) is 0. The highest BCUT2D eigenvalue weighted by Crippen LogP contribution is 2.31. The normalized spacial score (nSPS) is 13.9. The van der Waals surface area contributed by atoms with Crippen LogP contribution in [-0.2, 0) is 9.53 Å². The van der Waals surface area contributed by atoms with Crippen molar-refractivity contribution in [3.05, 3.63) is 105 Å². The molecule has 0 saturated heterocycles. The average Bonchev–Trinajstić information content (AvgIpc) is 3.20. The third kappa shape index (κ3) is 4.68. The second-order valence-corrected chi connectivity index (χ2v) is 7.26. The summed E-state index contributed by atoms with van der Waals surface area (Å²) in [4.78, 5) is 39.4. The van der Waals surface area contributed by atoms with E-state index in [2.05, 4.69) is 4.99 Å². The van der Waals surface area contributed by atoms with Gasteiger partial charge in [-0.15, -0.1) is 0 Å². The molecule has 9 nitrogen and oxygen atoms in total. The van der Waals surface area contributed by atoms with Crippen molar-refractivity contribution in [2.75, 3.05) is 7.11 Å². The van der Waals surface area contributed by atoms with Crippen LogP contribution in [0, 0.1) is 17.0 Å². The standard InChI is InChI=1S/C25H18N2O7/c1-15-6-3-4-9-19(15)24(28)33-21-11-10-16(13-22(21)32-2)12-20-25(29)34-23(26-20)17-7-5-8-18(14-17)27(30)31/h3-14H,1-2H3/b20-12-. The van der Waals surface area contributed by atoms with Crippen molar-refractivity contribution in [3.63, 3.8) is 0 Å². The van der Waals surface area contributed by atoms with Crippen LogP contribution in [0.15, 0.2) is 77.4 Å². The Morgan fingerprint density at radius 1 is 1.06 bits per heavy atom. The van der Waals surface area contributed by atoms with E-state index in [-0.39, 0.29) is 28.8 Å². The van der Waals surface area contributed by atoms with Gasteiger partial charge in [-0.25, -0.2) is 14.6 Å². The summed E-state index contributed by atoms with van der Waals surface area (Å²) in [5, 5.41) is 11.0. The van der Waals surface area contributed by atoms with Crippen LogP contribution in [0.5, 0.6) is 11.5 Å². The number of carbonyl (C=O) groups is 2. The number of ether oxygens (including phenoxy) is 3. The second-order valence-electron chi connectivity index (χ2n) is 7.26. The van der Waals surface area contributed by atoms with Crippen LogP contribution in [0.3, 0.4) is 0 Å². The number of esters is 2. The van der Waals surface area contributed by atoms with E-state index >= 15 is 0 Å². The van der Waals surface area contributed by atoms with Gasteiger partial charge in [-0.2, -0.15) is 0 Å². The smallest absolute Gasteiger partial charge is 0.363 e. The maximum Gasteiger partial charge on any atom is 0.363 e. The van der Waals surface area contributed by atoms with Gasteiger partial charge in [0.1, 0.15) is 0 Å². The first-order valence-electron chi connectivity index (χ1n) is 10.1. The minimum atomic E-state index is -0.699. The van der Waals surface area contributed by atoms with Crippen LogP contribution >= 0.6 is 0 Å². The first-order chi connectivity index (χ1) is 16.4. The predicted molar refractivity (Wildman–Crippen MR) is 123 cm³/mol. The summed E-state index contributed by atoms with van der Waals surface area (Å²) in [5.41, 5.74) is 1.94. The van der Waals surface area contributed by atoms with Gasteiger partial charge in [0.15, 0.2) is 17.2 Å². The molecule has 170 valence electrons. The number of carbonyl (C=O) groups excluding carboxylic acids is 2. The van der Waals surface area contributed by atoms with E-state index in [1.807, 2.05) is 19.1 Å². The second kappa shape index (κ2) is 9.37. The highest BCUT2D eigenvalue weighted by atomic mass is 16.6. The molecule has 0 N–H and O–H groups in total. The fraction of sp³-hybridized carbons (Fsp3) is 0.0800. The molecule has 1 aliphatic rings. The van der Waals surface area contributed by atoms with E-state index < -0.39 is 16.9 Å². The molecule has 1 aliphatic heterocycles. The summed E-state index contributed by atoms with van der Waals surface area (Å²) in [7, 11) is 1.43. The predicted octanol–water partition coefficient (Wildman–Crippen LogP) is 4.48. The highest BCUT2D eigenvalue weighted by molar-refractivity contribution is 6.13. The molecule has 0 radical (unpaired) electrons. The zero-order valence-electron chi connectivity index (χ0n) is 18.2. The molecule has 0 aliphatic carbocycles. The van der Waals surface area contributed by atoms with E-state index in [9.17, 15) is 19.7 Å². The van der Waals surface area contributed by atoms with Gasteiger partial charge in [0.2, 0.25) is 5.90 Å². The molecule has 0 atom stereocenters. The largest absolute Gasteiger partial charge is 0.493 e. The lowest BCUT2D eigenvalue weighted by molar-refractivity contribution is -0.384. The first-order valence-corrected chi connectivity index (χ1v) is 10.1. The van der Waals surface area contributed by atoms with Gasteiger partial charge in [-0.3, -0.25) is 10.1 Å². The Bertz CT molecular complexity index is 1380. The van der Waals surface area contributed by atoms with Gasteiger partial charge in [-0.1, -0.05) is 30.3 Å². The first kappa shape index (κ1) is 22.4. The van der Waals surface area contributed by atoms with Crippen LogP contribution in [0.1, 0.15) is 27.0 Å². The lowest BCUT2D eigenvalue weighted by Gasteiger charge is -2.11. The van der Waals surface area contributed by atoms with Gasteiger partial charge in [0.05, 0.1) is 17.6 Å². The number of cyclic esters (lactones) is 1. The van der Waals surface area contributed by atoms with Gasteiger partial charge in [-0.05, 0) is 48.4 Å². The topological polar surface area (TPSA) is 117 Å². The van der Waals surface area contributed by atoms with Crippen molar-refractivity contribution in [2.45, 2.75) is 6.92 Å².